The molecule has 0 atom stereocenters. The second-order valence-electron chi connectivity index (χ2n) is 2.95. The van der Waals surface area contributed by atoms with Crippen LogP contribution in [0, 0.1) is 10.1 Å². The van der Waals surface area contributed by atoms with Gasteiger partial charge in [-0.3, -0.25) is 10.1 Å². The third-order valence-corrected chi connectivity index (χ3v) is 1.85. The molecule has 88 valence electrons. The molecule has 16 heavy (non-hydrogen) atoms. The molecule has 0 bridgehead atoms. The normalized spacial score (nSPS) is 10.1. The smallest absolute Gasteiger partial charge is 0.355 e. The Morgan fingerprint density at radius 3 is 2.81 bits per heavy atom. The minimum absolute atomic E-state index is 0.0575. The molecule has 0 radical (unpaired) electrons. The lowest BCUT2D eigenvalue weighted by atomic mass is 10.4. The maximum atomic E-state index is 11.5. The van der Waals surface area contributed by atoms with E-state index in [9.17, 15) is 14.9 Å². The highest BCUT2D eigenvalue weighted by molar-refractivity contribution is 5.88. The van der Waals surface area contributed by atoms with Crippen LogP contribution >= 0.6 is 0 Å². The van der Waals surface area contributed by atoms with Crippen molar-refractivity contribution in [3.8, 4) is 0 Å². The summed E-state index contributed by atoms with van der Waals surface area (Å²) in [6, 6.07) is 1.16. The zero-order valence-electron chi connectivity index (χ0n) is 9.00. The molecule has 0 N–H and O–H groups in total. The molecule has 1 rings (SSSR count). The molecule has 7 heteroatoms. The first-order valence-electron chi connectivity index (χ1n) is 4.60. The lowest BCUT2D eigenvalue weighted by Crippen LogP contribution is -2.12. The van der Waals surface area contributed by atoms with Crippen LogP contribution < -0.4 is 0 Å². The SMILES string of the molecule is CCOC(=O)c1cc([N+](=O)[O-])cn1COC. The molecule has 0 saturated carbocycles. The van der Waals surface area contributed by atoms with E-state index in [-0.39, 0.29) is 24.7 Å². The fourth-order valence-corrected chi connectivity index (χ4v) is 1.22. The summed E-state index contributed by atoms with van der Waals surface area (Å²) in [4.78, 5) is 21.4. The monoisotopic (exact) mass is 228 g/mol. The second kappa shape index (κ2) is 5.26. The maximum absolute atomic E-state index is 11.5. The van der Waals surface area contributed by atoms with E-state index in [1.165, 1.54) is 17.9 Å². The Kier molecular flexibility index (Phi) is 4.01. The van der Waals surface area contributed by atoms with E-state index in [4.69, 9.17) is 9.47 Å². The van der Waals surface area contributed by atoms with Gasteiger partial charge in [0.05, 0.1) is 17.7 Å². The standard InChI is InChI=1S/C9H12N2O5/c1-3-16-9(12)8-4-7(11(13)14)5-10(8)6-15-2/h4-5H,3,6H2,1-2H3. The molecule has 1 aromatic rings. The molecule has 0 saturated heterocycles. The van der Waals surface area contributed by atoms with Crippen molar-refractivity contribution in [2.75, 3.05) is 13.7 Å². The molecule has 1 aromatic heterocycles. The van der Waals surface area contributed by atoms with Crippen molar-refractivity contribution in [1.29, 1.82) is 0 Å². The molecule has 0 aliphatic heterocycles. The van der Waals surface area contributed by atoms with E-state index in [1.807, 2.05) is 0 Å². The molecule has 1 heterocycles. The van der Waals surface area contributed by atoms with E-state index >= 15 is 0 Å². The van der Waals surface area contributed by atoms with Gasteiger partial charge in [-0.2, -0.15) is 0 Å². The lowest BCUT2D eigenvalue weighted by molar-refractivity contribution is -0.384. The summed E-state index contributed by atoms with van der Waals surface area (Å²) in [6.45, 7) is 1.93. The van der Waals surface area contributed by atoms with E-state index in [0.717, 1.165) is 6.07 Å². The van der Waals surface area contributed by atoms with Gasteiger partial charge in [0.15, 0.2) is 0 Å². The van der Waals surface area contributed by atoms with E-state index in [1.54, 1.807) is 6.92 Å². The quantitative estimate of drug-likeness (QED) is 0.429. The number of nitro groups is 1. The first kappa shape index (κ1) is 12.2. The number of rotatable bonds is 5. The second-order valence-corrected chi connectivity index (χ2v) is 2.95. The molecule has 0 aromatic carbocycles. The molecule has 7 nitrogen and oxygen atoms in total. The summed E-state index contributed by atoms with van der Waals surface area (Å²) in [5.74, 6) is -0.604. The summed E-state index contributed by atoms with van der Waals surface area (Å²) in [5, 5.41) is 10.6. The third-order valence-electron chi connectivity index (χ3n) is 1.85. The van der Waals surface area contributed by atoms with Crippen LogP contribution in [-0.4, -0.2) is 29.2 Å². The van der Waals surface area contributed by atoms with Crippen molar-refractivity contribution >= 4 is 11.7 Å². The lowest BCUT2D eigenvalue weighted by Gasteiger charge is -2.05. The average Bonchev–Trinajstić information content (AvgIpc) is 2.63. The highest BCUT2D eigenvalue weighted by Gasteiger charge is 2.19. The summed E-state index contributed by atoms with van der Waals surface area (Å²) in [5.41, 5.74) is -0.0597. The first-order valence-corrected chi connectivity index (χ1v) is 4.60. The molecule has 0 spiro atoms. The molecular weight excluding hydrogens is 216 g/mol. The minimum Gasteiger partial charge on any atom is -0.461 e. The molecule has 0 aliphatic rings. The van der Waals surface area contributed by atoms with Gasteiger partial charge in [0.1, 0.15) is 12.4 Å². The summed E-state index contributed by atoms with van der Waals surface area (Å²) in [6.07, 6.45) is 1.23. The van der Waals surface area contributed by atoms with Crippen molar-refractivity contribution in [1.82, 2.24) is 4.57 Å². The average molecular weight is 228 g/mol. The Bertz CT molecular complexity index is 399. The van der Waals surface area contributed by atoms with Crippen LogP contribution in [0.15, 0.2) is 12.3 Å². The van der Waals surface area contributed by atoms with Crippen LogP contribution in [0.2, 0.25) is 0 Å². The van der Waals surface area contributed by atoms with Crippen molar-refractivity contribution in [2.45, 2.75) is 13.7 Å². The Morgan fingerprint density at radius 2 is 2.31 bits per heavy atom. The number of nitrogens with zero attached hydrogens (tertiary/aromatic N) is 2. The van der Waals surface area contributed by atoms with Crippen molar-refractivity contribution in [3.63, 3.8) is 0 Å². The Morgan fingerprint density at radius 1 is 1.62 bits per heavy atom. The van der Waals surface area contributed by atoms with Gasteiger partial charge < -0.3 is 14.0 Å². The molecule has 0 amide bonds. The fraction of sp³-hybridized carbons (Fsp3) is 0.444. The fourth-order valence-electron chi connectivity index (χ4n) is 1.22. The Labute approximate surface area is 91.7 Å². The zero-order chi connectivity index (χ0) is 12.1. The summed E-state index contributed by atoms with van der Waals surface area (Å²) >= 11 is 0. The van der Waals surface area contributed by atoms with E-state index < -0.39 is 10.9 Å². The van der Waals surface area contributed by atoms with Crippen LogP contribution in [0.4, 0.5) is 5.69 Å². The zero-order valence-corrected chi connectivity index (χ0v) is 9.00. The Balaban J connectivity index is 3.04. The Hall–Kier alpha value is -1.89. The van der Waals surface area contributed by atoms with Crippen LogP contribution in [0.25, 0.3) is 0 Å². The number of aromatic nitrogens is 1. The molecule has 0 fully saturated rings. The van der Waals surface area contributed by atoms with Gasteiger partial charge in [0.2, 0.25) is 0 Å². The maximum Gasteiger partial charge on any atom is 0.355 e. The topological polar surface area (TPSA) is 83.6 Å². The number of ether oxygens (including phenoxy) is 2. The number of hydrogen-bond donors (Lipinski definition) is 0. The first-order chi connectivity index (χ1) is 7.60. The van der Waals surface area contributed by atoms with Gasteiger partial charge in [0.25, 0.3) is 5.69 Å². The van der Waals surface area contributed by atoms with Crippen LogP contribution in [-0.2, 0) is 16.2 Å². The minimum atomic E-state index is -0.604. The van der Waals surface area contributed by atoms with Crippen molar-refractivity contribution in [2.24, 2.45) is 0 Å². The molecule has 0 aliphatic carbocycles. The summed E-state index contributed by atoms with van der Waals surface area (Å²) in [7, 11) is 1.43. The van der Waals surface area contributed by atoms with Gasteiger partial charge in [-0.05, 0) is 6.92 Å². The van der Waals surface area contributed by atoms with Gasteiger partial charge >= 0.3 is 5.97 Å². The van der Waals surface area contributed by atoms with Crippen LogP contribution in [0.1, 0.15) is 17.4 Å². The van der Waals surface area contributed by atoms with Gasteiger partial charge in [0, 0.05) is 13.2 Å². The largest absolute Gasteiger partial charge is 0.461 e. The number of esters is 1. The van der Waals surface area contributed by atoms with Gasteiger partial charge in [-0.15, -0.1) is 0 Å². The number of methoxy groups -OCH3 is 1. The number of carbonyl (C=O) groups excluding carboxylic acids is 1. The van der Waals surface area contributed by atoms with Crippen LogP contribution in [0.3, 0.4) is 0 Å². The molecule has 0 unspecified atom stereocenters. The third kappa shape index (κ3) is 2.57. The molecular formula is C9H12N2O5. The van der Waals surface area contributed by atoms with E-state index in [2.05, 4.69) is 0 Å². The van der Waals surface area contributed by atoms with Gasteiger partial charge in [-0.1, -0.05) is 0 Å². The van der Waals surface area contributed by atoms with Gasteiger partial charge in [-0.25, -0.2) is 4.79 Å². The summed E-state index contributed by atoms with van der Waals surface area (Å²) < 4.78 is 10.9. The number of hydrogen-bond acceptors (Lipinski definition) is 5. The highest BCUT2D eigenvalue weighted by Crippen LogP contribution is 2.17. The van der Waals surface area contributed by atoms with Crippen molar-refractivity contribution < 1.29 is 19.2 Å². The predicted octanol–water partition coefficient (Wildman–Crippen LogP) is 1.18. The number of carbonyl (C=O) groups is 1. The van der Waals surface area contributed by atoms with Crippen LogP contribution in [0.5, 0.6) is 0 Å². The van der Waals surface area contributed by atoms with Crippen molar-refractivity contribution in [3.05, 3.63) is 28.1 Å². The predicted molar refractivity (Wildman–Crippen MR) is 54.1 cm³/mol. The van der Waals surface area contributed by atoms with E-state index in [0.29, 0.717) is 0 Å². The highest BCUT2D eigenvalue weighted by atomic mass is 16.6.